The molecule has 3 rings (SSSR count). The van der Waals surface area contributed by atoms with E-state index in [0.717, 1.165) is 9.21 Å². The van der Waals surface area contributed by atoms with Crippen molar-refractivity contribution in [3.05, 3.63) is 36.7 Å². The predicted molar refractivity (Wildman–Crippen MR) is 82.4 cm³/mol. The molecule has 0 spiro atoms. The van der Waals surface area contributed by atoms with Gasteiger partial charge in [0.2, 0.25) is 0 Å². The fourth-order valence-corrected chi connectivity index (χ4v) is 4.14. The van der Waals surface area contributed by atoms with Gasteiger partial charge in [0, 0.05) is 19.8 Å². The Morgan fingerprint density at radius 3 is 2.42 bits per heavy atom. The highest BCUT2D eigenvalue weighted by Crippen LogP contribution is 2.37. The Labute approximate surface area is 137 Å². The third kappa shape index (κ3) is 3.05. The van der Waals surface area contributed by atoms with Gasteiger partial charge in [-0.15, -0.1) is 0 Å². The molecule has 130 valence electrons. The fraction of sp³-hybridized carbons (Fsp3) is 0.357. The summed E-state index contributed by atoms with van der Waals surface area (Å²) in [5.41, 5.74) is 0.477. The maximum Gasteiger partial charge on any atom is 0.405 e. The van der Waals surface area contributed by atoms with Crippen molar-refractivity contribution in [2.45, 2.75) is 11.1 Å². The van der Waals surface area contributed by atoms with E-state index in [4.69, 9.17) is 0 Å². The number of rotatable bonds is 3. The molecule has 10 heteroatoms. The summed E-state index contributed by atoms with van der Waals surface area (Å²) in [5, 5.41) is 3.85. The van der Waals surface area contributed by atoms with Gasteiger partial charge in [0.25, 0.3) is 10.0 Å². The van der Waals surface area contributed by atoms with Crippen molar-refractivity contribution in [3.63, 3.8) is 0 Å². The van der Waals surface area contributed by atoms with E-state index in [2.05, 4.69) is 5.10 Å². The molecular formula is C14H15F3N4O2S. The highest BCUT2D eigenvalue weighted by molar-refractivity contribution is 7.92. The number of aromatic nitrogens is 2. The zero-order valence-corrected chi connectivity index (χ0v) is 13.5. The van der Waals surface area contributed by atoms with Gasteiger partial charge in [0.05, 0.1) is 24.1 Å². The molecule has 1 aliphatic rings. The van der Waals surface area contributed by atoms with Gasteiger partial charge in [0.15, 0.2) is 0 Å². The number of para-hydroxylation sites is 2. The predicted octanol–water partition coefficient (Wildman–Crippen LogP) is 2.00. The minimum Gasteiger partial charge on any atom is -0.359 e. The number of anilines is 2. The summed E-state index contributed by atoms with van der Waals surface area (Å²) in [4.78, 5) is 1.15. The van der Waals surface area contributed by atoms with Gasteiger partial charge in [-0.3, -0.25) is 8.99 Å². The lowest BCUT2D eigenvalue weighted by Gasteiger charge is -2.38. The minimum absolute atomic E-state index is 0.00377. The van der Waals surface area contributed by atoms with E-state index < -0.39 is 22.7 Å². The first-order chi connectivity index (χ1) is 11.2. The maximum atomic E-state index is 12.8. The molecular weight excluding hydrogens is 345 g/mol. The van der Waals surface area contributed by atoms with Crippen LogP contribution in [0, 0.1) is 0 Å². The lowest BCUT2D eigenvalue weighted by atomic mass is 10.2. The number of hydrogen-bond acceptors (Lipinski definition) is 4. The summed E-state index contributed by atoms with van der Waals surface area (Å²) < 4.78 is 66.3. The minimum atomic E-state index is -4.36. The standard InChI is InChI=1S/C14H15F3N4O2S/c1-19-9-11(8-18-19)24(22,23)21-7-6-20(10-14(15,16)17)12-4-2-3-5-13(12)21/h2-5,8-9H,6-7,10H2,1H3. The van der Waals surface area contributed by atoms with E-state index >= 15 is 0 Å². The van der Waals surface area contributed by atoms with Crippen LogP contribution in [0.25, 0.3) is 0 Å². The number of nitrogens with zero attached hydrogens (tertiary/aromatic N) is 4. The second-order valence-corrected chi connectivity index (χ2v) is 7.31. The molecule has 0 fully saturated rings. The summed E-state index contributed by atoms with van der Waals surface area (Å²) in [7, 11) is -2.29. The number of alkyl halides is 3. The number of fused-ring (bicyclic) bond motifs is 1. The Kier molecular flexibility index (Phi) is 3.94. The molecule has 0 radical (unpaired) electrons. The third-order valence-electron chi connectivity index (χ3n) is 3.70. The fourth-order valence-electron chi connectivity index (χ4n) is 2.68. The van der Waals surface area contributed by atoms with Crippen LogP contribution in [-0.2, 0) is 17.1 Å². The van der Waals surface area contributed by atoms with Crippen molar-refractivity contribution in [3.8, 4) is 0 Å². The van der Waals surface area contributed by atoms with E-state index in [9.17, 15) is 21.6 Å². The summed E-state index contributed by atoms with van der Waals surface area (Å²) in [6.07, 6.45) is -1.78. The average Bonchev–Trinajstić information content (AvgIpc) is 2.93. The average molecular weight is 360 g/mol. The van der Waals surface area contributed by atoms with Crippen LogP contribution in [0.1, 0.15) is 0 Å². The highest BCUT2D eigenvalue weighted by Gasteiger charge is 2.37. The monoisotopic (exact) mass is 360 g/mol. The molecule has 0 atom stereocenters. The second kappa shape index (κ2) is 5.69. The Morgan fingerprint density at radius 1 is 1.17 bits per heavy atom. The second-order valence-electron chi connectivity index (χ2n) is 5.45. The molecule has 0 saturated heterocycles. The van der Waals surface area contributed by atoms with Gasteiger partial charge in [0.1, 0.15) is 11.4 Å². The molecule has 1 aromatic carbocycles. The van der Waals surface area contributed by atoms with Crippen LogP contribution in [0.5, 0.6) is 0 Å². The van der Waals surface area contributed by atoms with Crippen LogP contribution in [0.15, 0.2) is 41.6 Å². The Bertz CT molecular complexity index is 848. The first kappa shape index (κ1) is 16.6. The maximum absolute atomic E-state index is 12.8. The molecule has 0 amide bonds. The van der Waals surface area contributed by atoms with Crippen molar-refractivity contribution in [1.29, 1.82) is 0 Å². The zero-order chi connectivity index (χ0) is 17.5. The molecule has 1 aliphatic heterocycles. The molecule has 0 aliphatic carbocycles. The van der Waals surface area contributed by atoms with Crippen molar-refractivity contribution < 1.29 is 21.6 Å². The van der Waals surface area contributed by atoms with E-state index in [1.54, 1.807) is 19.2 Å². The third-order valence-corrected chi connectivity index (χ3v) is 5.47. The number of hydrogen-bond donors (Lipinski definition) is 0. The molecule has 0 bridgehead atoms. The first-order valence-electron chi connectivity index (χ1n) is 7.10. The molecule has 0 N–H and O–H groups in total. The summed E-state index contributed by atoms with van der Waals surface area (Å²) >= 11 is 0. The summed E-state index contributed by atoms with van der Waals surface area (Å²) in [6.45, 7) is -1.23. The zero-order valence-electron chi connectivity index (χ0n) is 12.7. The van der Waals surface area contributed by atoms with Crippen molar-refractivity contribution in [2.75, 3.05) is 28.8 Å². The molecule has 24 heavy (non-hydrogen) atoms. The number of aryl methyl sites for hydroxylation is 1. The van der Waals surface area contributed by atoms with Gasteiger partial charge in [-0.2, -0.15) is 18.3 Å². The van der Waals surface area contributed by atoms with E-state index in [0.29, 0.717) is 0 Å². The normalized spacial score (nSPS) is 15.5. The molecule has 6 nitrogen and oxygen atoms in total. The number of sulfonamides is 1. The highest BCUT2D eigenvalue weighted by atomic mass is 32.2. The van der Waals surface area contributed by atoms with Crippen LogP contribution in [0.4, 0.5) is 24.5 Å². The topological polar surface area (TPSA) is 58.4 Å². The van der Waals surface area contributed by atoms with Crippen LogP contribution < -0.4 is 9.21 Å². The van der Waals surface area contributed by atoms with Gasteiger partial charge in [-0.1, -0.05) is 12.1 Å². The Morgan fingerprint density at radius 2 is 1.83 bits per heavy atom. The number of benzene rings is 1. The number of halogens is 3. The van der Waals surface area contributed by atoms with Crippen LogP contribution >= 0.6 is 0 Å². The van der Waals surface area contributed by atoms with Gasteiger partial charge in [-0.25, -0.2) is 8.42 Å². The van der Waals surface area contributed by atoms with Crippen LogP contribution in [0.2, 0.25) is 0 Å². The SMILES string of the molecule is Cn1cc(S(=O)(=O)N2CCN(CC(F)(F)F)c3ccccc32)cn1. The van der Waals surface area contributed by atoms with Crippen molar-refractivity contribution in [2.24, 2.45) is 7.05 Å². The van der Waals surface area contributed by atoms with E-state index in [1.165, 1.54) is 29.2 Å². The first-order valence-corrected chi connectivity index (χ1v) is 8.54. The largest absolute Gasteiger partial charge is 0.405 e. The molecule has 1 aromatic heterocycles. The van der Waals surface area contributed by atoms with Gasteiger partial charge in [-0.05, 0) is 12.1 Å². The summed E-state index contributed by atoms with van der Waals surface area (Å²) in [6, 6.07) is 6.18. The quantitative estimate of drug-likeness (QED) is 0.840. The molecule has 0 unspecified atom stereocenters. The Hall–Kier alpha value is -2.23. The van der Waals surface area contributed by atoms with Crippen LogP contribution in [-0.4, -0.2) is 44.0 Å². The molecule has 2 aromatic rings. The van der Waals surface area contributed by atoms with E-state index in [-0.39, 0.29) is 29.4 Å². The van der Waals surface area contributed by atoms with Crippen LogP contribution in [0.3, 0.4) is 0 Å². The van der Waals surface area contributed by atoms with Crippen molar-refractivity contribution in [1.82, 2.24) is 9.78 Å². The smallest absolute Gasteiger partial charge is 0.359 e. The Balaban J connectivity index is 2.01. The van der Waals surface area contributed by atoms with Gasteiger partial charge >= 0.3 is 6.18 Å². The lowest BCUT2D eigenvalue weighted by molar-refractivity contribution is -0.119. The molecule has 0 saturated carbocycles. The molecule has 2 heterocycles. The van der Waals surface area contributed by atoms with Gasteiger partial charge < -0.3 is 4.90 Å². The van der Waals surface area contributed by atoms with Crippen molar-refractivity contribution >= 4 is 21.4 Å². The van der Waals surface area contributed by atoms with E-state index in [1.807, 2.05) is 0 Å². The lowest BCUT2D eigenvalue weighted by Crippen LogP contribution is -2.46. The summed E-state index contributed by atoms with van der Waals surface area (Å²) in [5.74, 6) is 0.